The molecule has 0 bridgehead atoms. The largest absolute Gasteiger partial charge is 0.481 e. The molecule has 3 heteroatoms. The highest BCUT2D eigenvalue weighted by Gasteiger charge is 2.13. The van der Waals surface area contributed by atoms with Gasteiger partial charge in [0, 0.05) is 6.42 Å². The third-order valence-electron chi connectivity index (χ3n) is 6.02. The van der Waals surface area contributed by atoms with E-state index in [9.17, 15) is 4.79 Å². The lowest BCUT2D eigenvalue weighted by atomic mass is 10.1. The second kappa shape index (κ2) is 19.7. The number of aliphatic carboxylic acids is 1. The third kappa shape index (κ3) is 21.7. The maximum atomic E-state index is 10.5. The highest BCUT2D eigenvalue weighted by molar-refractivity contribution is 5.66. The van der Waals surface area contributed by atoms with E-state index in [1.54, 1.807) is 0 Å². The fourth-order valence-corrected chi connectivity index (χ4v) is 4.02. The van der Waals surface area contributed by atoms with Crippen molar-refractivity contribution < 1.29 is 14.4 Å². The molecular formula is C25H52NO2+. The molecule has 0 amide bonds. The molecule has 0 aromatic carbocycles. The van der Waals surface area contributed by atoms with Crippen LogP contribution in [0.2, 0.25) is 0 Å². The van der Waals surface area contributed by atoms with E-state index in [0.29, 0.717) is 6.42 Å². The van der Waals surface area contributed by atoms with Gasteiger partial charge in [0.1, 0.15) is 0 Å². The quantitative estimate of drug-likeness (QED) is 0.151. The van der Waals surface area contributed by atoms with Gasteiger partial charge in [-0.2, -0.15) is 0 Å². The van der Waals surface area contributed by atoms with E-state index >= 15 is 0 Å². The summed E-state index contributed by atoms with van der Waals surface area (Å²) in [6, 6.07) is 0. The number of quaternary nitrogens is 1. The SMILES string of the molecule is CCCCCCCCCCCC[N+](C)(C)CCCCCCCCCCC(=O)O. The minimum absolute atomic E-state index is 0.339. The molecule has 0 fully saturated rings. The van der Waals surface area contributed by atoms with Crippen molar-refractivity contribution in [3.63, 3.8) is 0 Å². The lowest BCUT2D eigenvalue weighted by Gasteiger charge is -2.30. The molecule has 0 aliphatic carbocycles. The number of unbranched alkanes of at least 4 members (excludes halogenated alkanes) is 16. The smallest absolute Gasteiger partial charge is 0.303 e. The molecule has 0 aliphatic rings. The molecule has 3 nitrogen and oxygen atoms in total. The molecule has 0 spiro atoms. The van der Waals surface area contributed by atoms with Gasteiger partial charge < -0.3 is 9.59 Å². The molecule has 0 radical (unpaired) electrons. The highest BCUT2D eigenvalue weighted by atomic mass is 16.4. The van der Waals surface area contributed by atoms with Crippen LogP contribution < -0.4 is 0 Å². The Labute approximate surface area is 176 Å². The number of carboxylic acid groups (broad SMARTS) is 1. The summed E-state index contributed by atoms with van der Waals surface area (Å²) in [6.07, 6.45) is 24.3. The van der Waals surface area contributed by atoms with Crippen molar-refractivity contribution in [3.8, 4) is 0 Å². The Balaban J connectivity index is 3.33. The zero-order chi connectivity index (χ0) is 20.9. The molecule has 168 valence electrons. The van der Waals surface area contributed by atoms with Gasteiger partial charge in [0.15, 0.2) is 0 Å². The van der Waals surface area contributed by atoms with Gasteiger partial charge in [-0.3, -0.25) is 4.79 Å². The van der Waals surface area contributed by atoms with E-state index in [0.717, 1.165) is 12.8 Å². The first-order valence-corrected chi connectivity index (χ1v) is 12.5. The predicted molar refractivity (Wildman–Crippen MR) is 123 cm³/mol. The number of carbonyl (C=O) groups is 1. The summed E-state index contributed by atoms with van der Waals surface area (Å²) in [5.74, 6) is -0.654. The van der Waals surface area contributed by atoms with Crippen LogP contribution >= 0.6 is 0 Å². The molecular weight excluding hydrogens is 346 g/mol. The average molecular weight is 399 g/mol. The Kier molecular flexibility index (Phi) is 19.3. The van der Waals surface area contributed by atoms with Crippen LogP contribution in [0.25, 0.3) is 0 Å². The van der Waals surface area contributed by atoms with E-state index in [1.807, 2.05) is 0 Å². The van der Waals surface area contributed by atoms with Crippen LogP contribution in [0.1, 0.15) is 129 Å². The van der Waals surface area contributed by atoms with Crippen molar-refractivity contribution in [3.05, 3.63) is 0 Å². The Morgan fingerprint density at radius 2 is 0.893 bits per heavy atom. The van der Waals surface area contributed by atoms with Crippen molar-refractivity contribution in [2.24, 2.45) is 0 Å². The van der Waals surface area contributed by atoms with Gasteiger partial charge in [-0.25, -0.2) is 0 Å². The van der Waals surface area contributed by atoms with Gasteiger partial charge in [-0.1, -0.05) is 90.4 Å². The van der Waals surface area contributed by atoms with E-state index < -0.39 is 5.97 Å². The van der Waals surface area contributed by atoms with Crippen LogP contribution in [0, 0.1) is 0 Å². The topological polar surface area (TPSA) is 37.3 Å². The normalized spacial score (nSPS) is 11.8. The number of carboxylic acids is 1. The van der Waals surface area contributed by atoms with Gasteiger partial charge in [0.05, 0.1) is 27.2 Å². The summed E-state index contributed by atoms with van der Waals surface area (Å²) in [6.45, 7) is 4.94. The van der Waals surface area contributed by atoms with Gasteiger partial charge in [-0.05, 0) is 32.1 Å². The monoisotopic (exact) mass is 398 g/mol. The fraction of sp³-hybridized carbons (Fsp3) is 0.960. The van der Waals surface area contributed by atoms with Crippen LogP contribution in [-0.4, -0.2) is 42.7 Å². The molecule has 0 unspecified atom stereocenters. The molecule has 0 aromatic heterocycles. The molecule has 0 saturated carbocycles. The summed E-state index contributed by atoms with van der Waals surface area (Å²) in [4.78, 5) is 10.5. The minimum Gasteiger partial charge on any atom is -0.481 e. The summed E-state index contributed by atoms with van der Waals surface area (Å²) in [5, 5.41) is 8.61. The Morgan fingerprint density at radius 1 is 0.571 bits per heavy atom. The van der Waals surface area contributed by atoms with Gasteiger partial charge in [0.25, 0.3) is 0 Å². The maximum absolute atomic E-state index is 10.5. The Hall–Kier alpha value is -0.570. The Morgan fingerprint density at radius 3 is 1.25 bits per heavy atom. The van der Waals surface area contributed by atoms with Crippen molar-refractivity contribution >= 4 is 5.97 Å². The molecule has 0 heterocycles. The highest BCUT2D eigenvalue weighted by Crippen LogP contribution is 2.14. The molecule has 0 atom stereocenters. The van der Waals surface area contributed by atoms with E-state index in [4.69, 9.17) is 5.11 Å². The van der Waals surface area contributed by atoms with E-state index in [1.165, 1.54) is 120 Å². The molecule has 0 saturated heterocycles. The molecule has 0 aromatic rings. The van der Waals surface area contributed by atoms with Crippen LogP contribution in [0.5, 0.6) is 0 Å². The fourth-order valence-electron chi connectivity index (χ4n) is 4.02. The minimum atomic E-state index is -0.654. The lowest BCUT2D eigenvalue weighted by molar-refractivity contribution is -0.890. The first-order chi connectivity index (χ1) is 13.5. The Bertz CT molecular complexity index is 341. The first kappa shape index (κ1) is 27.4. The second-order valence-corrected chi connectivity index (χ2v) is 9.54. The van der Waals surface area contributed by atoms with Crippen LogP contribution in [-0.2, 0) is 4.79 Å². The van der Waals surface area contributed by atoms with Crippen molar-refractivity contribution in [2.75, 3.05) is 27.2 Å². The zero-order valence-corrected chi connectivity index (χ0v) is 19.7. The van der Waals surface area contributed by atoms with E-state index in [2.05, 4.69) is 21.0 Å². The number of nitrogens with zero attached hydrogens (tertiary/aromatic N) is 1. The maximum Gasteiger partial charge on any atom is 0.303 e. The van der Waals surface area contributed by atoms with Gasteiger partial charge in [-0.15, -0.1) is 0 Å². The molecule has 1 N–H and O–H groups in total. The summed E-state index contributed by atoms with van der Waals surface area (Å²) < 4.78 is 1.19. The molecule has 0 rings (SSSR count). The van der Waals surface area contributed by atoms with Crippen LogP contribution in [0.3, 0.4) is 0 Å². The average Bonchev–Trinajstić information content (AvgIpc) is 2.64. The number of rotatable bonds is 22. The van der Waals surface area contributed by atoms with Crippen molar-refractivity contribution in [1.29, 1.82) is 0 Å². The summed E-state index contributed by atoms with van der Waals surface area (Å²) >= 11 is 0. The van der Waals surface area contributed by atoms with Crippen molar-refractivity contribution in [2.45, 2.75) is 129 Å². The zero-order valence-electron chi connectivity index (χ0n) is 19.7. The van der Waals surface area contributed by atoms with Crippen LogP contribution in [0.4, 0.5) is 0 Å². The third-order valence-corrected chi connectivity index (χ3v) is 6.02. The summed E-state index contributed by atoms with van der Waals surface area (Å²) in [7, 11) is 4.80. The van der Waals surface area contributed by atoms with Crippen LogP contribution in [0.15, 0.2) is 0 Å². The van der Waals surface area contributed by atoms with Gasteiger partial charge >= 0.3 is 5.97 Å². The van der Waals surface area contributed by atoms with Gasteiger partial charge in [0.2, 0.25) is 0 Å². The molecule has 0 aliphatic heterocycles. The molecule has 28 heavy (non-hydrogen) atoms. The number of hydrogen-bond acceptors (Lipinski definition) is 1. The van der Waals surface area contributed by atoms with Crippen molar-refractivity contribution in [1.82, 2.24) is 0 Å². The number of hydrogen-bond donors (Lipinski definition) is 1. The van der Waals surface area contributed by atoms with E-state index in [-0.39, 0.29) is 0 Å². The lowest BCUT2D eigenvalue weighted by Crippen LogP contribution is -2.41. The predicted octanol–water partition coefficient (Wildman–Crippen LogP) is 7.58. The first-order valence-electron chi connectivity index (χ1n) is 12.5. The summed E-state index contributed by atoms with van der Waals surface area (Å²) in [5.41, 5.74) is 0. The standard InChI is InChI=1S/C25H51NO2/c1-4-5-6-7-8-9-11-14-17-20-23-26(2,3)24-21-18-15-12-10-13-16-19-22-25(27)28/h4-24H2,1-3H3/p+1. The second-order valence-electron chi connectivity index (χ2n) is 9.54.